The van der Waals surface area contributed by atoms with Gasteiger partial charge in [-0.15, -0.1) is 13.2 Å². The van der Waals surface area contributed by atoms with E-state index in [1.165, 1.54) is 6.42 Å². The summed E-state index contributed by atoms with van der Waals surface area (Å²) in [5.74, 6) is 4.10. The molecule has 10 atom stereocenters. The molecule has 0 spiro atoms. The maximum atomic E-state index is 11.3. The third-order valence-corrected chi connectivity index (χ3v) is 7.75. The van der Waals surface area contributed by atoms with E-state index in [4.69, 9.17) is 0 Å². The maximum absolute atomic E-state index is 11.3. The largest absolute Gasteiger partial charge is 0.389 e. The number of rotatable bonds is 4. The van der Waals surface area contributed by atoms with Gasteiger partial charge in [-0.3, -0.25) is 0 Å². The summed E-state index contributed by atoms with van der Waals surface area (Å²) in [5.41, 5.74) is -1.11. The lowest BCUT2D eigenvalue weighted by molar-refractivity contribution is -0.212. The Morgan fingerprint density at radius 2 is 1.26 bits per heavy atom. The molecule has 2 heteroatoms. The maximum Gasteiger partial charge on any atom is 0.0751 e. The van der Waals surface area contributed by atoms with Crippen molar-refractivity contribution in [1.82, 2.24) is 0 Å². The first-order valence-electron chi connectivity index (χ1n) is 7.76. The molecule has 5 aliphatic carbocycles. The Kier molecular flexibility index (Phi) is 1.68. The van der Waals surface area contributed by atoms with Crippen LogP contribution in [0.1, 0.15) is 19.3 Å². The van der Waals surface area contributed by atoms with Gasteiger partial charge in [0.15, 0.2) is 0 Å². The van der Waals surface area contributed by atoms with E-state index < -0.39 is 11.2 Å². The summed E-state index contributed by atoms with van der Waals surface area (Å²) < 4.78 is 0. The molecule has 5 aliphatic rings. The molecule has 5 fully saturated rings. The van der Waals surface area contributed by atoms with Gasteiger partial charge in [0.05, 0.1) is 11.2 Å². The van der Waals surface area contributed by atoms with Crippen molar-refractivity contribution in [1.29, 1.82) is 0 Å². The van der Waals surface area contributed by atoms with Gasteiger partial charge in [-0.25, -0.2) is 0 Å². The van der Waals surface area contributed by atoms with E-state index in [0.717, 1.165) is 0 Å². The summed E-state index contributed by atoms with van der Waals surface area (Å²) in [4.78, 5) is 0. The average molecular weight is 258 g/mol. The highest BCUT2D eigenvalue weighted by atomic mass is 16.3. The summed E-state index contributed by atoms with van der Waals surface area (Å²) in [5, 5.41) is 22.5. The van der Waals surface area contributed by atoms with Gasteiger partial charge in [-0.2, -0.15) is 0 Å². The van der Waals surface area contributed by atoms with Crippen molar-refractivity contribution in [3.05, 3.63) is 25.3 Å². The van der Waals surface area contributed by atoms with E-state index in [1.807, 2.05) is 12.2 Å². The van der Waals surface area contributed by atoms with Crippen LogP contribution in [0, 0.1) is 47.3 Å². The first-order chi connectivity index (χ1) is 9.09. The molecule has 5 rings (SSSR count). The van der Waals surface area contributed by atoms with E-state index in [1.54, 1.807) is 0 Å². The third-order valence-electron chi connectivity index (χ3n) is 7.75. The van der Waals surface area contributed by atoms with Crippen LogP contribution in [-0.2, 0) is 0 Å². The van der Waals surface area contributed by atoms with Crippen LogP contribution in [0.25, 0.3) is 0 Å². The second-order valence-electron chi connectivity index (χ2n) is 7.79. The lowest BCUT2D eigenvalue weighted by Crippen LogP contribution is -2.63. The molecule has 0 amide bonds. The summed E-state index contributed by atoms with van der Waals surface area (Å²) >= 11 is 0. The van der Waals surface area contributed by atoms with Gasteiger partial charge < -0.3 is 10.2 Å². The van der Waals surface area contributed by atoms with Crippen LogP contribution in [-0.4, -0.2) is 21.4 Å². The molecule has 102 valence electrons. The van der Waals surface area contributed by atoms with Crippen molar-refractivity contribution in [2.75, 3.05) is 0 Å². The molecule has 5 saturated carbocycles. The van der Waals surface area contributed by atoms with E-state index in [0.29, 0.717) is 60.2 Å². The average Bonchev–Trinajstić information content (AvgIpc) is 2.80. The molecule has 19 heavy (non-hydrogen) atoms. The zero-order chi connectivity index (χ0) is 13.2. The number of fused-ring (bicyclic) bond motifs is 2. The van der Waals surface area contributed by atoms with E-state index >= 15 is 0 Å². The van der Waals surface area contributed by atoms with Gasteiger partial charge in [-0.1, -0.05) is 12.2 Å². The zero-order valence-corrected chi connectivity index (χ0v) is 11.2. The van der Waals surface area contributed by atoms with E-state index in [2.05, 4.69) is 13.2 Å². The first kappa shape index (κ1) is 11.1. The van der Waals surface area contributed by atoms with Crippen LogP contribution in [0.4, 0.5) is 0 Å². The fraction of sp³-hybridized carbons (Fsp3) is 0.765. The standard InChI is InChI=1S/C17H22O2/c1-3-5-16(18)12-8-7-9-11-10(8)14(16)15(11)17(19,6-4-2)13(9)12/h3-4,8-15,18-19H,1-2,5-7H2/t8-,9+,10-,11+,12+,13-,14-,15+,16-,17+. The van der Waals surface area contributed by atoms with Crippen LogP contribution in [0.5, 0.6) is 0 Å². The molecule has 2 N–H and O–H groups in total. The summed E-state index contributed by atoms with van der Waals surface area (Å²) in [7, 11) is 0. The summed E-state index contributed by atoms with van der Waals surface area (Å²) in [6.45, 7) is 7.70. The normalized spacial score (nSPS) is 69.6. The Morgan fingerprint density at radius 1 is 0.842 bits per heavy atom. The van der Waals surface area contributed by atoms with Gasteiger partial charge in [0.1, 0.15) is 0 Å². The van der Waals surface area contributed by atoms with Crippen molar-refractivity contribution in [2.24, 2.45) is 47.3 Å². The van der Waals surface area contributed by atoms with E-state index in [9.17, 15) is 10.2 Å². The Bertz CT molecular complexity index is 451. The lowest BCUT2D eigenvalue weighted by atomic mass is 9.51. The van der Waals surface area contributed by atoms with Gasteiger partial charge in [0, 0.05) is 0 Å². The molecule has 0 saturated heterocycles. The zero-order valence-electron chi connectivity index (χ0n) is 11.2. The minimum atomic E-state index is -0.554. The van der Waals surface area contributed by atoms with Gasteiger partial charge >= 0.3 is 0 Å². The Balaban J connectivity index is 1.68. The quantitative estimate of drug-likeness (QED) is 0.757. The number of hydrogen-bond acceptors (Lipinski definition) is 2. The predicted octanol–water partition coefficient (Wildman–Crippen LogP) is 1.99. The van der Waals surface area contributed by atoms with Crippen LogP contribution >= 0.6 is 0 Å². The van der Waals surface area contributed by atoms with Crippen LogP contribution < -0.4 is 0 Å². The molecule has 0 unspecified atom stereocenters. The van der Waals surface area contributed by atoms with Crippen molar-refractivity contribution in [3.8, 4) is 0 Å². The minimum absolute atomic E-state index is 0.324. The summed E-state index contributed by atoms with van der Waals surface area (Å²) in [6, 6.07) is 0. The van der Waals surface area contributed by atoms with Crippen molar-refractivity contribution in [3.63, 3.8) is 0 Å². The summed E-state index contributed by atoms with van der Waals surface area (Å²) in [6.07, 6.45) is 6.46. The van der Waals surface area contributed by atoms with Crippen LogP contribution in [0.2, 0.25) is 0 Å². The SMILES string of the molecule is C=CC[C@]1(O)[C@@H]2[C@@H]3[C@H]4C[C@H]5[C@@H]3[C@@H]2[C@](O)(CC=C)[C@H]5[C@H]41. The molecule has 0 aliphatic heterocycles. The minimum Gasteiger partial charge on any atom is -0.389 e. The Hall–Kier alpha value is -0.600. The first-order valence-corrected chi connectivity index (χ1v) is 7.76. The molecule has 0 aromatic carbocycles. The fourth-order valence-electron chi connectivity index (χ4n) is 7.95. The Labute approximate surface area is 114 Å². The lowest BCUT2D eigenvalue weighted by Gasteiger charge is -2.57. The van der Waals surface area contributed by atoms with Crippen molar-refractivity contribution in [2.45, 2.75) is 30.5 Å². The molecular weight excluding hydrogens is 236 g/mol. The van der Waals surface area contributed by atoms with Crippen molar-refractivity contribution >= 4 is 0 Å². The highest BCUT2D eigenvalue weighted by Crippen LogP contribution is 2.88. The second kappa shape index (κ2) is 2.87. The number of hydrogen-bond donors (Lipinski definition) is 2. The number of aliphatic hydroxyl groups is 2. The molecule has 0 aromatic heterocycles. The highest BCUT2D eigenvalue weighted by Gasteiger charge is 2.90. The second-order valence-corrected chi connectivity index (χ2v) is 7.79. The van der Waals surface area contributed by atoms with Gasteiger partial charge in [-0.05, 0) is 66.6 Å². The third kappa shape index (κ3) is 0.809. The molecule has 0 aromatic rings. The van der Waals surface area contributed by atoms with Crippen molar-refractivity contribution < 1.29 is 10.2 Å². The van der Waals surface area contributed by atoms with Crippen LogP contribution in [0.3, 0.4) is 0 Å². The fourth-order valence-corrected chi connectivity index (χ4v) is 7.95. The smallest absolute Gasteiger partial charge is 0.0751 e. The van der Waals surface area contributed by atoms with Gasteiger partial charge in [0.25, 0.3) is 0 Å². The molecule has 0 radical (unpaired) electrons. The van der Waals surface area contributed by atoms with E-state index in [-0.39, 0.29) is 0 Å². The Morgan fingerprint density at radius 3 is 1.63 bits per heavy atom. The van der Waals surface area contributed by atoms with Crippen LogP contribution in [0.15, 0.2) is 25.3 Å². The highest BCUT2D eigenvalue weighted by molar-refractivity contribution is 5.38. The van der Waals surface area contributed by atoms with Gasteiger partial charge in [0.2, 0.25) is 0 Å². The monoisotopic (exact) mass is 258 g/mol. The molecule has 2 bridgehead atoms. The topological polar surface area (TPSA) is 40.5 Å². The molecule has 0 heterocycles. The molecular formula is C17H22O2. The predicted molar refractivity (Wildman–Crippen MR) is 72.1 cm³/mol. The molecule has 2 nitrogen and oxygen atoms in total.